The van der Waals surface area contributed by atoms with Gasteiger partial charge in [-0.15, -0.1) is 11.3 Å². The molecule has 0 aliphatic heterocycles. The number of benzene rings is 1. The van der Waals surface area contributed by atoms with Gasteiger partial charge in [-0.3, -0.25) is 4.79 Å². The minimum atomic E-state index is 0.0898. The topological polar surface area (TPSA) is 51.2 Å². The first-order valence-electron chi connectivity index (χ1n) is 8.07. The highest BCUT2D eigenvalue weighted by Gasteiger charge is 2.19. The van der Waals surface area contributed by atoms with Crippen LogP contribution in [0.2, 0.25) is 0 Å². The van der Waals surface area contributed by atoms with E-state index in [1.165, 1.54) is 37.0 Å². The SMILES string of the molecule is COc1ccc(-c2nc(NC(=O)CC3CCCC3)sc2C)cc1. The van der Waals surface area contributed by atoms with Crippen LogP contribution in [0.1, 0.15) is 37.0 Å². The number of carbonyl (C=O) groups excluding carboxylic acids is 1. The molecule has 1 N–H and O–H groups in total. The lowest BCUT2D eigenvalue weighted by molar-refractivity contribution is -0.117. The van der Waals surface area contributed by atoms with Crippen LogP contribution in [0.4, 0.5) is 5.13 Å². The van der Waals surface area contributed by atoms with Crippen molar-refractivity contribution in [2.24, 2.45) is 5.92 Å². The summed E-state index contributed by atoms with van der Waals surface area (Å²) in [5.74, 6) is 1.47. The van der Waals surface area contributed by atoms with Crippen LogP contribution in [0, 0.1) is 12.8 Å². The van der Waals surface area contributed by atoms with Gasteiger partial charge in [0.15, 0.2) is 5.13 Å². The van der Waals surface area contributed by atoms with Gasteiger partial charge in [-0.25, -0.2) is 4.98 Å². The van der Waals surface area contributed by atoms with Crippen molar-refractivity contribution in [2.45, 2.75) is 39.0 Å². The van der Waals surface area contributed by atoms with Gasteiger partial charge in [0.25, 0.3) is 0 Å². The Morgan fingerprint density at radius 1 is 1.30 bits per heavy atom. The van der Waals surface area contributed by atoms with Gasteiger partial charge in [-0.1, -0.05) is 12.8 Å². The van der Waals surface area contributed by atoms with Gasteiger partial charge >= 0.3 is 0 Å². The summed E-state index contributed by atoms with van der Waals surface area (Å²) in [4.78, 5) is 17.8. The number of thiazole rings is 1. The molecule has 1 aliphatic carbocycles. The van der Waals surface area contributed by atoms with Gasteiger partial charge in [0.2, 0.25) is 5.91 Å². The number of nitrogens with zero attached hydrogens (tertiary/aromatic N) is 1. The second-order valence-electron chi connectivity index (χ2n) is 6.06. The Bertz CT molecular complexity index is 673. The number of rotatable bonds is 5. The van der Waals surface area contributed by atoms with Crippen molar-refractivity contribution in [2.75, 3.05) is 12.4 Å². The quantitative estimate of drug-likeness (QED) is 0.868. The summed E-state index contributed by atoms with van der Waals surface area (Å²) in [5.41, 5.74) is 1.96. The van der Waals surface area contributed by atoms with Crippen molar-refractivity contribution < 1.29 is 9.53 Å². The average molecular weight is 330 g/mol. The van der Waals surface area contributed by atoms with Gasteiger partial charge in [-0.2, -0.15) is 0 Å². The van der Waals surface area contributed by atoms with Crippen LogP contribution < -0.4 is 10.1 Å². The summed E-state index contributed by atoms with van der Waals surface area (Å²) in [6, 6.07) is 7.83. The molecule has 1 heterocycles. The maximum Gasteiger partial charge on any atom is 0.226 e. The van der Waals surface area contributed by atoms with E-state index in [0.717, 1.165) is 21.9 Å². The molecule has 1 aliphatic rings. The van der Waals surface area contributed by atoms with Crippen molar-refractivity contribution in [3.05, 3.63) is 29.1 Å². The first-order valence-corrected chi connectivity index (χ1v) is 8.89. The van der Waals surface area contributed by atoms with Gasteiger partial charge in [0, 0.05) is 16.9 Å². The van der Waals surface area contributed by atoms with E-state index in [-0.39, 0.29) is 5.91 Å². The lowest BCUT2D eigenvalue weighted by Gasteiger charge is -2.07. The van der Waals surface area contributed by atoms with Crippen molar-refractivity contribution in [3.8, 4) is 17.0 Å². The lowest BCUT2D eigenvalue weighted by Crippen LogP contribution is -2.14. The van der Waals surface area contributed by atoms with E-state index >= 15 is 0 Å². The van der Waals surface area contributed by atoms with Crippen LogP contribution in [0.25, 0.3) is 11.3 Å². The highest BCUT2D eigenvalue weighted by atomic mass is 32.1. The van der Waals surface area contributed by atoms with E-state index in [9.17, 15) is 4.79 Å². The molecule has 4 nitrogen and oxygen atoms in total. The maximum absolute atomic E-state index is 12.1. The molecule has 0 saturated heterocycles. The fourth-order valence-electron chi connectivity index (χ4n) is 3.11. The molecule has 1 amide bonds. The predicted octanol–water partition coefficient (Wildman–Crippen LogP) is 4.65. The van der Waals surface area contributed by atoms with Crippen molar-refractivity contribution in [3.63, 3.8) is 0 Å². The summed E-state index contributed by atoms with van der Waals surface area (Å²) >= 11 is 1.53. The van der Waals surface area contributed by atoms with Gasteiger partial charge in [-0.05, 0) is 49.9 Å². The molecular formula is C18H22N2O2S. The minimum absolute atomic E-state index is 0.0898. The van der Waals surface area contributed by atoms with E-state index < -0.39 is 0 Å². The van der Waals surface area contributed by atoms with E-state index in [2.05, 4.69) is 10.3 Å². The number of anilines is 1. The molecule has 3 rings (SSSR count). The number of methoxy groups -OCH3 is 1. The fraction of sp³-hybridized carbons (Fsp3) is 0.444. The third-order valence-electron chi connectivity index (χ3n) is 4.36. The Morgan fingerprint density at radius 3 is 2.65 bits per heavy atom. The highest BCUT2D eigenvalue weighted by Crippen LogP contribution is 2.32. The summed E-state index contributed by atoms with van der Waals surface area (Å²) in [5, 5.41) is 3.66. The van der Waals surface area contributed by atoms with Gasteiger partial charge < -0.3 is 10.1 Å². The lowest BCUT2D eigenvalue weighted by atomic mass is 10.0. The molecule has 2 aromatic rings. The van der Waals surface area contributed by atoms with E-state index in [4.69, 9.17) is 4.74 Å². The molecule has 0 radical (unpaired) electrons. The Morgan fingerprint density at radius 2 is 2.00 bits per heavy atom. The first-order chi connectivity index (χ1) is 11.2. The van der Waals surface area contributed by atoms with Crippen molar-refractivity contribution >= 4 is 22.4 Å². The number of aromatic nitrogens is 1. The number of amides is 1. The summed E-state index contributed by atoms with van der Waals surface area (Å²) in [7, 11) is 1.65. The molecule has 23 heavy (non-hydrogen) atoms. The first kappa shape index (κ1) is 16.0. The fourth-order valence-corrected chi connectivity index (χ4v) is 3.97. The smallest absolute Gasteiger partial charge is 0.226 e. The van der Waals surface area contributed by atoms with Crippen LogP contribution in [-0.2, 0) is 4.79 Å². The molecule has 1 aromatic heterocycles. The molecule has 1 saturated carbocycles. The third-order valence-corrected chi connectivity index (χ3v) is 5.24. The summed E-state index contributed by atoms with van der Waals surface area (Å²) in [6.07, 6.45) is 5.51. The van der Waals surface area contributed by atoms with Gasteiger partial charge in [0.05, 0.1) is 12.8 Å². The Hall–Kier alpha value is -1.88. The van der Waals surface area contributed by atoms with Crippen LogP contribution >= 0.6 is 11.3 Å². The standard InChI is InChI=1S/C18H22N2O2S/c1-12-17(14-7-9-15(22-2)10-8-14)20-18(23-12)19-16(21)11-13-5-3-4-6-13/h7-10,13H,3-6,11H2,1-2H3,(H,19,20,21). The third kappa shape index (κ3) is 3.91. The normalized spacial score (nSPS) is 14.9. The van der Waals surface area contributed by atoms with Gasteiger partial charge in [0.1, 0.15) is 5.75 Å². The molecule has 0 atom stereocenters. The molecule has 1 aromatic carbocycles. The van der Waals surface area contributed by atoms with E-state index in [1.807, 2.05) is 31.2 Å². The number of nitrogens with one attached hydrogen (secondary N) is 1. The zero-order valence-corrected chi connectivity index (χ0v) is 14.4. The molecule has 1 fully saturated rings. The molecule has 5 heteroatoms. The predicted molar refractivity (Wildman–Crippen MR) is 94.0 cm³/mol. The number of ether oxygens (including phenoxy) is 1. The van der Waals surface area contributed by atoms with Crippen molar-refractivity contribution in [1.29, 1.82) is 0 Å². The minimum Gasteiger partial charge on any atom is -0.497 e. The summed E-state index contributed by atoms with van der Waals surface area (Å²) in [6.45, 7) is 2.03. The largest absolute Gasteiger partial charge is 0.497 e. The molecule has 0 bridgehead atoms. The maximum atomic E-state index is 12.1. The van der Waals surface area contributed by atoms with Crippen molar-refractivity contribution in [1.82, 2.24) is 4.98 Å². The highest BCUT2D eigenvalue weighted by molar-refractivity contribution is 7.16. The Kier molecular flexibility index (Phi) is 4.96. The molecule has 0 spiro atoms. The molecular weight excluding hydrogens is 308 g/mol. The summed E-state index contributed by atoms with van der Waals surface area (Å²) < 4.78 is 5.18. The second-order valence-corrected chi connectivity index (χ2v) is 7.26. The van der Waals surface area contributed by atoms with Crippen LogP contribution in [0.3, 0.4) is 0 Å². The molecule has 0 unspecified atom stereocenters. The zero-order valence-electron chi connectivity index (χ0n) is 13.6. The monoisotopic (exact) mass is 330 g/mol. The molecule has 122 valence electrons. The Balaban J connectivity index is 1.68. The second kappa shape index (κ2) is 7.13. The van der Waals surface area contributed by atoms with Crippen LogP contribution in [-0.4, -0.2) is 18.0 Å². The van der Waals surface area contributed by atoms with E-state index in [1.54, 1.807) is 7.11 Å². The van der Waals surface area contributed by atoms with E-state index in [0.29, 0.717) is 17.5 Å². The number of carbonyl (C=O) groups is 1. The van der Waals surface area contributed by atoms with Crippen LogP contribution in [0.5, 0.6) is 5.75 Å². The number of hydrogen-bond acceptors (Lipinski definition) is 4. The Labute approximate surface area is 140 Å². The zero-order chi connectivity index (χ0) is 16.2. The van der Waals surface area contributed by atoms with Crippen LogP contribution in [0.15, 0.2) is 24.3 Å². The number of aryl methyl sites for hydroxylation is 1. The average Bonchev–Trinajstić information content (AvgIpc) is 3.17. The number of hydrogen-bond donors (Lipinski definition) is 1.